The second-order valence-corrected chi connectivity index (χ2v) is 10.4. The molecule has 1 unspecified atom stereocenters. The molecule has 1 aromatic carbocycles. The third-order valence-corrected chi connectivity index (χ3v) is 8.16. The number of amides is 1. The van der Waals surface area contributed by atoms with Gasteiger partial charge in [0.25, 0.3) is 5.91 Å². The van der Waals surface area contributed by atoms with Gasteiger partial charge in [-0.15, -0.1) is 0 Å². The lowest BCUT2D eigenvalue weighted by Gasteiger charge is -2.35. The van der Waals surface area contributed by atoms with Crippen LogP contribution in [0.2, 0.25) is 5.02 Å². The molecule has 7 nitrogen and oxygen atoms in total. The van der Waals surface area contributed by atoms with Crippen LogP contribution in [0.25, 0.3) is 11.0 Å². The maximum atomic E-state index is 13.2. The van der Waals surface area contributed by atoms with Crippen molar-refractivity contribution < 1.29 is 4.79 Å². The molecule has 1 N–H and O–H groups in total. The number of rotatable bonds is 4. The molecule has 3 aromatic rings. The fraction of sp³-hybridized carbons (Fsp3) is 0.520. The van der Waals surface area contributed by atoms with Gasteiger partial charge in [0.1, 0.15) is 5.82 Å². The molecule has 6 rings (SSSR count). The van der Waals surface area contributed by atoms with Crippen molar-refractivity contribution in [1.82, 2.24) is 30.0 Å². The first-order valence-electron chi connectivity index (χ1n) is 11.9. The molecule has 4 heterocycles. The van der Waals surface area contributed by atoms with Crippen LogP contribution in [0, 0.1) is 6.92 Å². The first-order chi connectivity index (χ1) is 15.9. The zero-order valence-electron chi connectivity index (χ0n) is 19.3. The fourth-order valence-electron chi connectivity index (χ4n) is 5.94. The molecule has 33 heavy (non-hydrogen) atoms. The lowest BCUT2D eigenvalue weighted by Crippen LogP contribution is -2.48. The molecule has 2 aliphatic heterocycles. The lowest BCUT2D eigenvalue weighted by atomic mass is 9.97. The summed E-state index contributed by atoms with van der Waals surface area (Å²) in [5.74, 6) is 1.41. The molecule has 8 heteroatoms. The number of nitrogens with zero attached hydrogens (tertiary/aromatic N) is 5. The molecule has 0 radical (unpaired) electrons. The van der Waals surface area contributed by atoms with E-state index in [1.807, 2.05) is 55.0 Å². The van der Waals surface area contributed by atoms with Gasteiger partial charge in [0.05, 0.1) is 11.1 Å². The lowest BCUT2D eigenvalue weighted by molar-refractivity contribution is 0.0681. The second kappa shape index (κ2) is 7.77. The number of hydrogen-bond acceptors (Lipinski definition) is 5. The quantitative estimate of drug-likeness (QED) is 0.632. The number of carbonyl (C=O) groups is 1. The van der Waals surface area contributed by atoms with Gasteiger partial charge in [0.15, 0.2) is 5.65 Å². The summed E-state index contributed by atoms with van der Waals surface area (Å²) in [6.07, 6.45) is 7.39. The number of benzene rings is 1. The van der Waals surface area contributed by atoms with E-state index in [9.17, 15) is 4.79 Å². The molecular formula is C25H29ClN6O. The van der Waals surface area contributed by atoms with Crippen LogP contribution >= 0.6 is 11.6 Å². The van der Waals surface area contributed by atoms with E-state index in [1.54, 1.807) is 0 Å². The topological polar surface area (TPSA) is 75.9 Å². The van der Waals surface area contributed by atoms with E-state index in [0.717, 1.165) is 47.4 Å². The van der Waals surface area contributed by atoms with Gasteiger partial charge in [0, 0.05) is 54.9 Å². The Bertz CT molecular complexity index is 1240. The van der Waals surface area contributed by atoms with Crippen LogP contribution < -0.4 is 5.32 Å². The minimum atomic E-state index is 0.0605. The minimum absolute atomic E-state index is 0.0605. The zero-order valence-corrected chi connectivity index (χ0v) is 20.0. The number of hydrogen-bond donors (Lipinski definition) is 1. The van der Waals surface area contributed by atoms with E-state index in [2.05, 4.69) is 15.3 Å². The zero-order chi connectivity index (χ0) is 22.9. The molecule has 172 valence electrons. The van der Waals surface area contributed by atoms with Crippen LogP contribution in [0.4, 0.5) is 0 Å². The summed E-state index contributed by atoms with van der Waals surface area (Å²) in [6, 6.07) is 7.23. The van der Waals surface area contributed by atoms with Gasteiger partial charge in [0.2, 0.25) is 0 Å². The van der Waals surface area contributed by atoms with Gasteiger partial charge in [-0.25, -0.2) is 9.97 Å². The Balaban J connectivity index is 1.20. The number of halogens is 1. The molecule has 3 aliphatic rings. The fourth-order valence-corrected chi connectivity index (χ4v) is 6.26. The van der Waals surface area contributed by atoms with Crippen molar-refractivity contribution >= 4 is 28.5 Å². The predicted octanol–water partition coefficient (Wildman–Crippen LogP) is 3.95. The number of nitrogens with one attached hydrogen (secondary N) is 1. The van der Waals surface area contributed by atoms with Gasteiger partial charge in [-0.3, -0.25) is 9.48 Å². The average Bonchev–Trinajstić information content (AvgIpc) is 3.43. The number of fused-ring (bicyclic) bond motifs is 3. The third-order valence-electron chi connectivity index (χ3n) is 7.83. The van der Waals surface area contributed by atoms with E-state index < -0.39 is 0 Å². The van der Waals surface area contributed by atoms with Gasteiger partial charge in [-0.05, 0) is 62.6 Å². The van der Waals surface area contributed by atoms with E-state index in [-0.39, 0.29) is 5.91 Å². The standard InChI is InChI=1S/C25H29ClN6O/c1-13-27-12-21-23(30-32(3)24(21)28-13)20-11-19(20)18-7-4-14(8-22(18)26)25(33)31(2)17-9-15-5-6-16(10-17)29-15/h4,7-8,12,15-17,19-20,29H,5-6,9-11H2,1-3H3/t15-,16+,17?,19-,20+/m1/s1. The van der Waals surface area contributed by atoms with Crippen molar-refractivity contribution in [3.63, 3.8) is 0 Å². The Morgan fingerprint density at radius 3 is 2.67 bits per heavy atom. The van der Waals surface area contributed by atoms with Crippen LogP contribution in [0.1, 0.15) is 71.4 Å². The predicted molar refractivity (Wildman–Crippen MR) is 128 cm³/mol. The van der Waals surface area contributed by atoms with Crippen LogP contribution in [-0.2, 0) is 7.05 Å². The monoisotopic (exact) mass is 464 g/mol. The number of piperidine rings is 1. The summed E-state index contributed by atoms with van der Waals surface area (Å²) < 4.78 is 1.83. The Kier molecular flexibility index (Phi) is 4.96. The second-order valence-electron chi connectivity index (χ2n) is 10.0. The van der Waals surface area contributed by atoms with Gasteiger partial charge in [-0.2, -0.15) is 5.10 Å². The maximum Gasteiger partial charge on any atom is 0.253 e. The van der Waals surface area contributed by atoms with E-state index in [4.69, 9.17) is 16.7 Å². The Labute approximate surface area is 198 Å². The molecule has 1 saturated carbocycles. The van der Waals surface area contributed by atoms with Crippen molar-refractivity contribution in [3.8, 4) is 0 Å². The molecule has 5 atom stereocenters. The SMILES string of the molecule is Cc1ncc2c([C@H]3C[C@@H]3c3ccc(C(=O)N(C)C4C[C@H]5CC[C@@H](C4)N5)cc3Cl)nn(C)c2n1. The largest absolute Gasteiger partial charge is 0.339 e. The van der Waals surface area contributed by atoms with E-state index in [0.29, 0.717) is 40.5 Å². The first-order valence-corrected chi connectivity index (χ1v) is 12.3. The van der Waals surface area contributed by atoms with Crippen molar-refractivity contribution in [1.29, 1.82) is 0 Å². The smallest absolute Gasteiger partial charge is 0.253 e. The Hall–Kier alpha value is -2.51. The molecule has 1 aliphatic carbocycles. The summed E-state index contributed by atoms with van der Waals surface area (Å²) >= 11 is 6.72. The maximum absolute atomic E-state index is 13.2. The van der Waals surface area contributed by atoms with Crippen molar-refractivity contribution in [3.05, 3.63) is 52.1 Å². The molecule has 2 saturated heterocycles. The highest BCUT2D eigenvalue weighted by molar-refractivity contribution is 6.31. The Morgan fingerprint density at radius 1 is 1.18 bits per heavy atom. The molecule has 1 amide bonds. The van der Waals surface area contributed by atoms with Crippen LogP contribution in [0.15, 0.2) is 24.4 Å². The molecular weight excluding hydrogens is 436 g/mol. The highest BCUT2D eigenvalue weighted by atomic mass is 35.5. The summed E-state index contributed by atoms with van der Waals surface area (Å²) in [6.45, 7) is 1.89. The van der Waals surface area contributed by atoms with E-state index in [1.165, 1.54) is 12.8 Å². The highest BCUT2D eigenvalue weighted by Gasteiger charge is 2.44. The van der Waals surface area contributed by atoms with Crippen LogP contribution in [-0.4, -0.2) is 55.7 Å². The molecule has 3 fully saturated rings. The molecule has 2 bridgehead atoms. The third kappa shape index (κ3) is 3.62. The van der Waals surface area contributed by atoms with E-state index >= 15 is 0 Å². The molecule has 0 spiro atoms. The van der Waals surface area contributed by atoms with Gasteiger partial charge in [-0.1, -0.05) is 17.7 Å². The summed E-state index contributed by atoms with van der Waals surface area (Å²) in [5, 5.41) is 10.1. The van der Waals surface area contributed by atoms with Crippen LogP contribution in [0.5, 0.6) is 0 Å². The van der Waals surface area contributed by atoms with Gasteiger partial charge < -0.3 is 10.2 Å². The van der Waals surface area contributed by atoms with Crippen molar-refractivity contribution in [2.45, 2.75) is 69.0 Å². The number of aromatic nitrogens is 4. The summed E-state index contributed by atoms with van der Waals surface area (Å²) in [4.78, 5) is 24.0. The summed E-state index contributed by atoms with van der Waals surface area (Å²) in [7, 11) is 3.86. The number of aryl methyl sites for hydroxylation is 2. The van der Waals surface area contributed by atoms with Crippen LogP contribution in [0.3, 0.4) is 0 Å². The average molecular weight is 465 g/mol. The highest BCUT2D eigenvalue weighted by Crippen LogP contribution is 2.56. The minimum Gasteiger partial charge on any atom is -0.339 e. The molecule has 2 aromatic heterocycles. The normalized spacial score (nSPS) is 28.3. The Morgan fingerprint density at radius 2 is 1.94 bits per heavy atom. The van der Waals surface area contributed by atoms with Gasteiger partial charge >= 0.3 is 0 Å². The van der Waals surface area contributed by atoms with Crippen molar-refractivity contribution in [2.24, 2.45) is 7.05 Å². The number of carbonyl (C=O) groups excluding carboxylic acids is 1. The summed E-state index contributed by atoms with van der Waals surface area (Å²) in [5.41, 5.74) is 3.66. The van der Waals surface area contributed by atoms with Crippen molar-refractivity contribution in [2.75, 3.05) is 7.05 Å². The first kappa shape index (κ1) is 21.1.